The molecule has 2 amide bonds. The summed E-state index contributed by atoms with van der Waals surface area (Å²) in [5.41, 5.74) is 2.25. The third-order valence-corrected chi connectivity index (χ3v) is 3.35. The molecule has 1 aliphatic rings. The molecule has 1 unspecified atom stereocenters. The van der Waals surface area contributed by atoms with Crippen LogP contribution in [0.25, 0.3) is 0 Å². The van der Waals surface area contributed by atoms with Crippen molar-refractivity contribution in [1.82, 2.24) is 10.6 Å². The van der Waals surface area contributed by atoms with E-state index in [4.69, 9.17) is 0 Å². The average Bonchev–Trinajstić information content (AvgIpc) is 2.61. The summed E-state index contributed by atoms with van der Waals surface area (Å²) in [6, 6.07) is 7.66. The Labute approximate surface area is 113 Å². The molecule has 1 fully saturated rings. The Morgan fingerprint density at radius 3 is 3.05 bits per heavy atom. The minimum Gasteiger partial charge on any atom is -0.350 e. The predicted molar refractivity (Wildman–Crippen MR) is 73.4 cm³/mol. The van der Waals surface area contributed by atoms with E-state index >= 15 is 0 Å². The molecule has 0 aromatic heterocycles. The first kappa shape index (κ1) is 13.6. The van der Waals surface area contributed by atoms with Gasteiger partial charge >= 0.3 is 0 Å². The zero-order chi connectivity index (χ0) is 13.7. The molecule has 1 saturated heterocycles. The Bertz CT molecular complexity index is 471. The molecule has 1 heterocycles. The monoisotopic (exact) mass is 260 g/mol. The number of aryl methyl sites for hydroxylation is 1. The van der Waals surface area contributed by atoms with Crippen molar-refractivity contribution in [2.75, 3.05) is 0 Å². The molecule has 0 bridgehead atoms. The summed E-state index contributed by atoms with van der Waals surface area (Å²) in [4.78, 5) is 23.5. The fraction of sp³-hybridized carbons (Fsp3) is 0.467. The van der Waals surface area contributed by atoms with E-state index in [1.807, 2.05) is 31.2 Å². The molecular weight excluding hydrogens is 240 g/mol. The lowest BCUT2D eigenvalue weighted by atomic mass is 10.1. The van der Waals surface area contributed by atoms with E-state index in [0.717, 1.165) is 24.8 Å². The van der Waals surface area contributed by atoms with Gasteiger partial charge < -0.3 is 10.6 Å². The second-order valence-corrected chi connectivity index (χ2v) is 5.07. The van der Waals surface area contributed by atoms with E-state index in [0.29, 0.717) is 13.0 Å². The third-order valence-electron chi connectivity index (χ3n) is 3.35. The van der Waals surface area contributed by atoms with Gasteiger partial charge in [0.2, 0.25) is 11.8 Å². The van der Waals surface area contributed by atoms with Crippen LogP contribution >= 0.6 is 0 Å². The molecule has 1 aliphatic heterocycles. The van der Waals surface area contributed by atoms with E-state index in [-0.39, 0.29) is 17.9 Å². The van der Waals surface area contributed by atoms with Crippen molar-refractivity contribution in [3.05, 3.63) is 35.4 Å². The molecule has 0 radical (unpaired) electrons. The van der Waals surface area contributed by atoms with E-state index in [2.05, 4.69) is 10.6 Å². The van der Waals surface area contributed by atoms with Crippen molar-refractivity contribution in [3.63, 3.8) is 0 Å². The molecule has 4 heteroatoms. The van der Waals surface area contributed by atoms with Crippen molar-refractivity contribution in [1.29, 1.82) is 0 Å². The Morgan fingerprint density at radius 1 is 1.42 bits per heavy atom. The van der Waals surface area contributed by atoms with E-state index in [1.165, 1.54) is 5.56 Å². The number of carbonyl (C=O) groups excluding carboxylic acids is 2. The first-order valence-electron chi connectivity index (χ1n) is 6.78. The van der Waals surface area contributed by atoms with Crippen molar-refractivity contribution in [3.8, 4) is 0 Å². The SMILES string of the molecule is Cc1cccc(CNC(=O)C2CCCCC(=O)N2)c1. The highest BCUT2D eigenvalue weighted by atomic mass is 16.2. The van der Waals surface area contributed by atoms with Gasteiger partial charge in [0.25, 0.3) is 0 Å². The smallest absolute Gasteiger partial charge is 0.242 e. The molecule has 0 spiro atoms. The molecule has 2 rings (SSSR count). The second kappa shape index (κ2) is 6.36. The van der Waals surface area contributed by atoms with E-state index < -0.39 is 0 Å². The molecule has 19 heavy (non-hydrogen) atoms. The Morgan fingerprint density at radius 2 is 2.26 bits per heavy atom. The normalized spacial score (nSPS) is 19.4. The molecule has 0 aliphatic carbocycles. The van der Waals surface area contributed by atoms with Crippen molar-refractivity contribution >= 4 is 11.8 Å². The van der Waals surface area contributed by atoms with Crippen molar-refractivity contribution in [2.45, 2.75) is 45.2 Å². The summed E-state index contributed by atoms with van der Waals surface area (Å²) in [6.07, 6.45) is 3.04. The van der Waals surface area contributed by atoms with Gasteiger partial charge in [-0.1, -0.05) is 36.2 Å². The topological polar surface area (TPSA) is 58.2 Å². The quantitative estimate of drug-likeness (QED) is 0.868. The van der Waals surface area contributed by atoms with E-state index in [1.54, 1.807) is 0 Å². The fourth-order valence-corrected chi connectivity index (χ4v) is 2.30. The highest BCUT2D eigenvalue weighted by Gasteiger charge is 2.22. The van der Waals surface area contributed by atoms with Crippen LogP contribution in [0, 0.1) is 6.92 Å². The molecule has 102 valence electrons. The lowest BCUT2D eigenvalue weighted by Gasteiger charge is -2.15. The van der Waals surface area contributed by atoms with Crippen LogP contribution in [0.4, 0.5) is 0 Å². The lowest BCUT2D eigenvalue weighted by molar-refractivity contribution is -0.128. The van der Waals surface area contributed by atoms with Crippen LogP contribution in [-0.2, 0) is 16.1 Å². The van der Waals surface area contributed by atoms with Gasteiger partial charge in [-0.2, -0.15) is 0 Å². The van der Waals surface area contributed by atoms with Crippen LogP contribution in [0.1, 0.15) is 36.8 Å². The molecule has 0 saturated carbocycles. The fourth-order valence-electron chi connectivity index (χ4n) is 2.30. The summed E-state index contributed by atoms with van der Waals surface area (Å²) in [5.74, 6) is -0.107. The van der Waals surface area contributed by atoms with Gasteiger partial charge in [-0.15, -0.1) is 0 Å². The van der Waals surface area contributed by atoms with Crippen LogP contribution < -0.4 is 10.6 Å². The summed E-state index contributed by atoms with van der Waals surface area (Å²) >= 11 is 0. The molecule has 1 aromatic carbocycles. The molecule has 4 nitrogen and oxygen atoms in total. The molecule has 1 atom stereocenters. The minimum atomic E-state index is -0.375. The Kier molecular flexibility index (Phi) is 4.55. The highest BCUT2D eigenvalue weighted by Crippen LogP contribution is 2.10. The molecular formula is C15H20N2O2. The van der Waals surface area contributed by atoms with Gasteiger partial charge in [-0.25, -0.2) is 0 Å². The minimum absolute atomic E-state index is 0.0202. The van der Waals surface area contributed by atoms with Crippen LogP contribution in [0.15, 0.2) is 24.3 Å². The Hall–Kier alpha value is -1.84. The number of benzene rings is 1. The third kappa shape index (κ3) is 4.09. The standard InChI is InChI=1S/C15H20N2O2/c1-11-5-4-6-12(9-11)10-16-15(19)13-7-2-3-8-14(18)17-13/h4-6,9,13H,2-3,7-8,10H2,1H3,(H,16,19)(H,17,18). The number of rotatable bonds is 3. The van der Waals surface area contributed by atoms with Gasteiger partial charge in [0.15, 0.2) is 0 Å². The maximum absolute atomic E-state index is 12.0. The lowest BCUT2D eigenvalue weighted by Crippen LogP contribution is -2.45. The zero-order valence-corrected chi connectivity index (χ0v) is 11.2. The van der Waals surface area contributed by atoms with Crippen LogP contribution in [-0.4, -0.2) is 17.9 Å². The highest BCUT2D eigenvalue weighted by molar-refractivity contribution is 5.87. The van der Waals surface area contributed by atoms with Crippen molar-refractivity contribution in [2.24, 2.45) is 0 Å². The first-order chi connectivity index (χ1) is 9.15. The van der Waals surface area contributed by atoms with Crippen LogP contribution in [0.2, 0.25) is 0 Å². The summed E-state index contributed by atoms with van der Waals surface area (Å²) in [5, 5.41) is 5.67. The number of nitrogens with one attached hydrogen (secondary N) is 2. The summed E-state index contributed by atoms with van der Waals surface area (Å²) in [6.45, 7) is 2.53. The maximum atomic E-state index is 12.0. The molecule has 1 aromatic rings. The zero-order valence-electron chi connectivity index (χ0n) is 11.2. The summed E-state index contributed by atoms with van der Waals surface area (Å²) < 4.78 is 0. The number of hydrogen-bond donors (Lipinski definition) is 2. The summed E-state index contributed by atoms with van der Waals surface area (Å²) in [7, 11) is 0. The molecule has 2 N–H and O–H groups in total. The second-order valence-electron chi connectivity index (χ2n) is 5.07. The number of carbonyl (C=O) groups is 2. The van der Waals surface area contributed by atoms with Gasteiger partial charge in [0.1, 0.15) is 6.04 Å². The number of hydrogen-bond acceptors (Lipinski definition) is 2. The van der Waals surface area contributed by atoms with Gasteiger partial charge in [0, 0.05) is 13.0 Å². The predicted octanol–water partition coefficient (Wildman–Crippen LogP) is 1.67. The Balaban J connectivity index is 1.88. The van der Waals surface area contributed by atoms with Gasteiger partial charge in [-0.05, 0) is 25.3 Å². The maximum Gasteiger partial charge on any atom is 0.242 e. The van der Waals surface area contributed by atoms with Gasteiger partial charge in [0.05, 0.1) is 0 Å². The van der Waals surface area contributed by atoms with Crippen LogP contribution in [0.3, 0.4) is 0 Å². The van der Waals surface area contributed by atoms with E-state index in [9.17, 15) is 9.59 Å². The largest absolute Gasteiger partial charge is 0.350 e. The van der Waals surface area contributed by atoms with Gasteiger partial charge in [-0.3, -0.25) is 9.59 Å². The van der Waals surface area contributed by atoms with Crippen LogP contribution in [0.5, 0.6) is 0 Å². The van der Waals surface area contributed by atoms with Crippen molar-refractivity contribution < 1.29 is 9.59 Å². The number of amides is 2. The average molecular weight is 260 g/mol. The first-order valence-corrected chi connectivity index (χ1v) is 6.78.